The lowest BCUT2D eigenvalue weighted by Gasteiger charge is -2.10. The average Bonchev–Trinajstić information content (AvgIpc) is 3.05. The summed E-state index contributed by atoms with van der Waals surface area (Å²) in [5.74, 6) is -0.738. The van der Waals surface area contributed by atoms with Crippen molar-refractivity contribution in [3.8, 4) is 5.75 Å². The van der Waals surface area contributed by atoms with Gasteiger partial charge < -0.3 is 10.1 Å². The Hall–Kier alpha value is -3.45. The van der Waals surface area contributed by atoms with E-state index in [1.54, 1.807) is 53.9 Å². The lowest BCUT2D eigenvalue weighted by Crippen LogP contribution is -2.16. The number of ether oxygens (including phenoxy) is 1. The van der Waals surface area contributed by atoms with Crippen LogP contribution in [0, 0.1) is 18.6 Å². The number of benzene rings is 2. The van der Waals surface area contributed by atoms with Crippen LogP contribution in [0.5, 0.6) is 5.75 Å². The van der Waals surface area contributed by atoms with E-state index < -0.39 is 11.6 Å². The van der Waals surface area contributed by atoms with Gasteiger partial charge in [-0.1, -0.05) is 29.8 Å². The molecule has 0 saturated carbocycles. The Morgan fingerprint density at radius 2 is 1.81 bits per heavy atom. The fourth-order valence-electron chi connectivity index (χ4n) is 3.20. The molecule has 0 saturated heterocycles. The first-order valence-electron chi connectivity index (χ1n) is 9.50. The van der Waals surface area contributed by atoms with E-state index in [-0.39, 0.29) is 24.5 Å². The van der Waals surface area contributed by atoms with E-state index in [0.29, 0.717) is 27.9 Å². The molecule has 1 amide bonds. The van der Waals surface area contributed by atoms with Crippen LogP contribution in [0.15, 0.2) is 60.8 Å². The van der Waals surface area contributed by atoms with Crippen LogP contribution < -0.4 is 10.1 Å². The molecule has 0 unspecified atom stereocenters. The fourth-order valence-corrected chi connectivity index (χ4v) is 3.33. The van der Waals surface area contributed by atoms with Crippen molar-refractivity contribution >= 4 is 29.0 Å². The standard InChI is InChI=1S/C23H18ClF2N3O2/c1-14-22(28-21(30)12-15-7-9-16(24)10-8-15)29-11-3-6-20(23(29)27-14)31-13-17-18(25)4-2-5-19(17)26/h2-11H,12-13H2,1H3,(H,28,30). The van der Waals surface area contributed by atoms with Gasteiger partial charge in [0.2, 0.25) is 5.91 Å². The smallest absolute Gasteiger partial charge is 0.229 e. The highest BCUT2D eigenvalue weighted by atomic mass is 35.5. The van der Waals surface area contributed by atoms with Crippen molar-refractivity contribution in [1.82, 2.24) is 9.38 Å². The maximum absolute atomic E-state index is 13.9. The molecule has 31 heavy (non-hydrogen) atoms. The summed E-state index contributed by atoms with van der Waals surface area (Å²) >= 11 is 5.88. The van der Waals surface area contributed by atoms with Crippen LogP contribution in [0.4, 0.5) is 14.6 Å². The number of carbonyl (C=O) groups is 1. The van der Waals surface area contributed by atoms with Gasteiger partial charge in [0.15, 0.2) is 11.4 Å². The molecular weight excluding hydrogens is 424 g/mol. The van der Waals surface area contributed by atoms with Crippen LogP contribution in [-0.4, -0.2) is 15.3 Å². The Morgan fingerprint density at radius 3 is 2.52 bits per heavy atom. The molecule has 0 fully saturated rings. The van der Waals surface area contributed by atoms with Crippen LogP contribution in [0.3, 0.4) is 0 Å². The maximum Gasteiger partial charge on any atom is 0.229 e. The number of pyridine rings is 1. The molecule has 0 aliphatic heterocycles. The third kappa shape index (κ3) is 4.51. The number of amides is 1. The first-order valence-corrected chi connectivity index (χ1v) is 9.88. The van der Waals surface area contributed by atoms with Crippen LogP contribution in [-0.2, 0) is 17.8 Å². The van der Waals surface area contributed by atoms with E-state index in [9.17, 15) is 13.6 Å². The summed E-state index contributed by atoms with van der Waals surface area (Å²) in [6.45, 7) is 1.47. The Balaban J connectivity index is 1.55. The molecule has 0 spiro atoms. The van der Waals surface area contributed by atoms with Crippen molar-refractivity contribution in [2.45, 2.75) is 20.0 Å². The highest BCUT2D eigenvalue weighted by molar-refractivity contribution is 6.30. The second-order valence-electron chi connectivity index (χ2n) is 6.95. The minimum absolute atomic E-state index is 0.163. The Labute approximate surface area is 182 Å². The summed E-state index contributed by atoms with van der Waals surface area (Å²) < 4.78 is 35.1. The van der Waals surface area contributed by atoms with Gasteiger partial charge in [-0.3, -0.25) is 9.20 Å². The summed E-state index contributed by atoms with van der Waals surface area (Å²) in [7, 11) is 0. The third-order valence-electron chi connectivity index (χ3n) is 4.76. The molecule has 4 rings (SSSR count). The van der Waals surface area contributed by atoms with Gasteiger partial charge in [0.05, 0.1) is 17.7 Å². The number of aromatic nitrogens is 2. The highest BCUT2D eigenvalue weighted by Gasteiger charge is 2.16. The summed E-state index contributed by atoms with van der Waals surface area (Å²) in [4.78, 5) is 17.0. The molecule has 0 aliphatic carbocycles. The van der Waals surface area contributed by atoms with E-state index in [4.69, 9.17) is 16.3 Å². The van der Waals surface area contributed by atoms with Crippen LogP contribution >= 0.6 is 11.6 Å². The minimum Gasteiger partial charge on any atom is -0.485 e. The van der Waals surface area contributed by atoms with E-state index in [2.05, 4.69) is 10.3 Å². The molecule has 2 aromatic carbocycles. The largest absolute Gasteiger partial charge is 0.485 e. The number of rotatable bonds is 6. The number of nitrogens with one attached hydrogen (secondary N) is 1. The molecular formula is C23H18ClF2N3O2. The SMILES string of the molecule is Cc1nc2c(OCc3c(F)cccc3F)cccn2c1NC(=O)Cc1ccc(Cl)cc1. The monoisotopic (exact) mass is 441 g/mol. The Morgan fingerprint density at radius 1 is 1.10 bits per heavy atom. The van der Waals surface area contributed by atoms with Crippen molar-refractivity contribution in [2.75, 3.05) is 5.32 Å². The molecule has 2 heterocycles. The summed E-state index contributed by atoms with van der Waals surface area (Å²) in [6.07, 6.45) is 1.90. The number of hydrogen-bond acceptors (Lipinski definition) is 3. The van der Waals surface area contributed by atoms with Crippen molar-refractivity contribution in [3.05, 3.63) is 94.3 Å². The Kier molecular flexibility index (Phi) is 5.86. The fraction of sp³-hybridized carbons (Fsp3) is 0.130. The number of nitrogens with zero attached hydrogens (tertiary/aromatic N) is 2. The van der Waals surface area contributed by atoms with Crippen LogP contribution in [0.1, 0.15) is 16.8 Å². The second-order valence-corrected chi connectivity index (χ2v) is 7.39. The second kappa shape index (κ2) is 8.73. The molecule has 1 N–H and O–H groups in total. The summed E-state index contributed by atoms with van der Waals surface area (Å²) in [5.41, 5.74) is 1.67. The quantitative estimate of drug-likeness (QED) is 0.439. The van der Waals surface area contributed by atoms with Gasteiger partial charge in [0.1, 0.15) is 24.1 Å². The highest BCUT2D eigenvalue weighted by Crippen LogP contribution is 2.26. The van der Waals surface area contributed by atoms with Gasteiger partial charge in [0.25, 0.3) is 0 Å². The normalized spacial score (nSPS) is 11.0. The van der Waals surface area contributed by atoms with Crippen LogP contribution in [0.25, 0.3) is 5.65 Å². The average molecular weight is 442 g/mol. The number of hydrogen-bond donors (Lipinski definition) is 1. The summed E-state index contributed by atoms with van der Waals surface area (Å²) in [6, 6.07) is 14.0. The molecule has 5 nitrogen and oxygen atoms in total. The van der Waals surface area contributed by atoms with E-state index in [0.717, 1.165) is 5.56 Å². The lowest BCUT2D eigenvalue weighted by atomic mass is 10.1. The van der Waals surface area contributed by atoms with Crippen molar-refractivity contribution < 1.29 is 18.3 Å². The van der Waals surface area contributed by atoms with Gasteiger partial charge in [-0.05, 0) is 48.9 Å². The Bertz CT molecular complexity index is 1240. The third-order valence-corrected chi connectivity index (χ3v) is 5.01. The zero-order valence-electron chi connectivity index (χ0n) is 16.5. The molecule has 158 valence electrons. The van der Waals surface area contributed by atoms with E-state index in [1.165, 1.54) is 18.2 Å². The molecule has 2 aromatic heterocycles. The van der Waals surface area contributed by atoms with E-state index in [1.807, 2.05) is 0 Å². The zero-order valence-corrected chi connectivity index (χ0v) is 17.3. The van der Waals surface area contributed by atoms with E-state index >= 15 is 0 Å². The molecule has 0 bridgehead atoms. The molecule has 0 atom stereocenters. The topological polar surface area (TPSA) is 55.6 Å². The van der Waals surface area contributed by atoms with Gasteiger partial charge >= 0.3 is 0 Å². The summed E-state index contributed by atoms with van der Waals surface area (Å²) in [5, 5.41) is 3.47. The number of halogens is 3. The van der Waals surface area contributed by atoms with Crippen LogP contribution in [0.2, 0.25) is 5.02 Å². The molecule has 0 radical (unpaired) electrons. The van der Waals surface area contributed by atoms with Crippen molar-refractivity contribution in [1.29, 1.82) is 0 Å². The number of carbonyl (C=O) groups excluding carboxylic acids is 1. The van der Waals surface area contributed by atoms with Crippen molar-refractivity contribution in [2.24, 2.45) is 0 Å². The number of aryl methyl sites for hydroxylation is 1. The van der Waals surface area contributed by atoms with Gasteiger partial charge in [-0.15, -0.1) is 0 Å². The predicted molar refractivity (Wildman–Crippen MR) is 114 cm³/mol. The predicted octanol–water partition coefficient (Wildman–Crippen LogP) is 5.33. The minimum atomic E-state index is -0.679. The van der Waals surface area contributed by atoms with Gasteiger partial charge in [-0.2, -0.15) is 0 Å². The first kappa shape index (κ1) is 20.8. The number of imidazole rings is 1. The zero-order chi connectivity index (χ0) is 22.0. The lowest BCUT2D eigenvalue weighted by molar-refractivity contribution is -0.115. The van der Waals surface area contributed by atoms with Crippen molar-refractivity contribution in [3.63, 3.8) is 0 Å². The maximum atomic E-state index is 13.9. The molecule has 8 heteroatoms. The number of fused-ring (bicyclic) bond motifs is 1. The molecule has 4 aromatic rings. The first-order chi connectivity index (χ1) is 14.9. The van der Waals surface area contributed by atoms with Gasteiger partial charge in [-0.25, -0.2) is 13.8 Å². The number of anilines is 1. The molecule has 0 aliphatic rings. The van der Waals surface area contributed by atoms with Gasteiger partial charge in [0, 0.05) is 11.2 Å².